The molecule has 1 nitrogen and oxygen atoms in total. The first kappa shape index (κ1) is 13.5. The van der Waals surface area contributed by atoms with Crippen LogP contribution in [0.2, 0.25) is 0 Å². The highest BCUT2D eigenvalue weighted by molar-refractivity contribution is 5.37. The third-order valence-electron chi connectivity index (χ3n) is 4.29. The van der Waals surface area contributed by atoms with Crippen LogP contribution in [0.15, 0.2) is 12.1 Å². The lowest BCUT2D eigenvalue weighted by atomic mass is 9.81. The molecule has 2 rings (SSSR count). The lowest BCUT2D eigenvalue weighted by Crippen LogP contribution is -2.31. The number of benzene rings is 1. The molecular formula is C16H23FO. The molecule has 1 fully saturated rings. The monoisotopic (exact) mass is 250 g/mol. The Morgan fingerprint density at radius 2 is 1.89 bits per heavy atom. The first-order chi connectivity index (χ1) is 8.16. The van der Waals surface area contributed by atoms with Crippen molar-refractivity contribution in [2.75, 3.05) is 0 Å². The van der Waals surface area contributed by atoms with Gasteiger partial charge in [-0.2, -0.15) is 0 Å². The zero-order chi connectivity index (χ0) is 13.7. The van der Waals surface area contributed by atoms with Crippen molar-refractivity contribution in [1.29, 1.82) is 0 Å². The fraction of sp³-hybridized carbons (Fsp3) is 0.625. The van der Waals surface area contributed by atoms with Gasteiger partial charge >= 0.3 is 0 Å². The van der Waals surface area contributed by atoms with Crippen LogP contribution in [-0.4, -0.2) is 5.11 Å². The molecule has 0 aliphatic heterocycles. The highest BCUT2D eigenvalue weighted by Gasteiger charge is 2.50. The Kier molecular flexibility index (Phi) is 3.05. The van der Waals surface area contributed by atoms with E-state index >= 15 is 0 Å². The van der Waals surface area contributed by atoms with Crippen LogP contribution in [0.25, 0.3) is 0 Å². The molecule has 0 amide bonds. The first-order valence-electron chi connectivity index (χ1n) is 6.65. The number of rotatable bonds is 1. The molecule has 2 atom stereocenters. The molecule has 1 aromatic rings. The molecule has 1 aromatic carbocycles. The fourth-order valence-corrected chi connectivity index (χ4v) is 3.77. The molecule has 100 valence electrons. The molecule has 1 aliphatic rings. The average molecular weight is 250 g/mol. The predicted molar refractivity (Wildman–Crippen MR) is 71.9 cm³/mol. The second kappa shape index (κ2) is 4.06. The van der Waals surface area contributed by atoms with Gasteiger partial charge in [0.2, 0.25) is 0 Å². The topological polar surface area (TPSA) is 20.2 Å². The quantitative estimate of drug-likeness (QED) is 0.796. The van der Waals surface area contributed by atoms with Crippen LogP contribution in [0.4, 0.5) is 4.39 Å². The van der Waals surface area contributed by atoms with Gasteiger partial charge in [0, 0.05) is 5.56 Å². The molecule has 0 saturated heterocycles. The molecule has 2 unspecified atom stereocenters. The Balaban J connectivity index is 2.55. The zero-order valence-corrected chi connectivity index (χ0v) is 12.0. The second-order valence-corrected chi connectivity index (χ2v) is 6.81. The van der Waals surface area contributed by atoms with E-state index in [1.807, 2.05) is 26.8 Å². The maximum Gasteiger partial charge on any atom is 0.129 e. The molecule has 1 aliphatic carbocycles. The minimum atomic E-state index is -1.02. The van der Waals surface area contributed by atoms with E-state index in [1.54, 1.807) is 0 Å². The van der Waals surface area contributed by atoms with Gasteiger partial charge in [-0.1, -0.05) is 26.8 Å². The van der Waals surface area contributed by atoms with Crippen LogP contribution in [-0.2, 0) is 5.60 Å². The van der Waals surface area contributed by atoms with Gasteiger partial charge in [0.05, 0.1) is 5.60 Å². The Morgan fingerprint density at radius 1 is 1.28 bits per heavy atom. The summed E-state index contributed by atoms with van der Waals surface area (Å²) in [5.41, 5.74) is 1.32. The van der Waals surface area contributed by atoms with Crippen molar-refractivity contribution < 1.29 is 9.50 Å². The van der Waals surface area contributed by atoms with Crippen molar-refractivity contribution in [3.05, 3.63) is 34.6 Å². The van der Waals surface area contributed by atoms with Crippen molar-refractivity contribution in [1.82, 2.24) is 0 Å². The maximum absolute atomic E-state index is 14.3. The smallest absolute Gasteiger partial charge is 0.129 e. The third-order valence-corrected chi connectivity index (χ3v) is 4.29. The van der Waals surface area contributed by atoms with E-state index in [-0.39, 0.29) is 17.2 Å². The van der Waals surface area contributed by atoms with Gasteiger partial charge in [0.25, 0.3) is 0 Å². The van der Waals surface area contributed by atoms with Crippen LogP contribution < -0.4 is 0 Å². The van der Waals surface area contributed by atoms with Gasteiger partial charge in [-0.3, -0.25) is 0 Å². The molecule has 0 aromatic heterocycles. The van der Waals surface area contributed by atoms with Gasteiger partial charge in [-0.05, 0) is 55.2 Å². The summed E-state index contributed by atoms with van der Waals surface area (Å²) in [7, 11) is 0. The van der Waals surface area contributed by atoms with E-state index in [0.29, 0.717) is 12.0 Å². The average Bonchev–Trinajstić information content (AvgIpc) is 2.32. The van der Waals surface area contributed by atoms with E-state index in [1.165, 1.54) is 6.07 Å². The summed E-state index contributed by atoms with van der Waals surface area (Å²) in [6.07, 6.45) is 1.55. The highest BCUT2D eigenvalue weighted by Crippen LogP contribution is 2.53. The van der Waals surface area contributed by atoms with Gasteiger partial charge in [0.15, 0.2) is 0 Å². The summed E-state index contributed by atoms with van der Waals surface area (Å²) >= 11 is 0. The Hall–Kier alpha value is -0.890. The normalized spacial score (nSPS) is 30.7. The van der Waals surface area contributed by atoms with Gasteiger partial charge in [0.1, 0.15) is 5.82 Å². The van der Waals surface area contributed by atoms with Crippen LogP contribution in [0.1, 0.15) is 50.3 Å². The molecule has 0 heterocycles. The van der Waals surface area contributed by atoms with Gasteiger partial charge < -0.3 is 5.11 Å². The van der Waals surface area contributed by atoms with Gasteiger partial charge in [-0.25, -0.2) is 4.39 Å². The second-order valence-electron chi connectivity index (χ2n) is 6.81. The van der Waals surface area contributed by atoms with E-state index in [0.717, 1.165) is 17.5 Å². The molecule has 0 bridgehead atoms. The van der Waals surface area contributed by atoms with Crippen molar-refractivity contribution in [3.8, 4) is 0 Å². The first-order valence-corrected chi connectivity index (χ1v) is 6.65. The van der Waals surface area contributed by atoms with Crippen LogP contribution in [0, 0.1) is 31.0 Å². The minimum absolute atomic E-state index is 0.0674. The fourth-order valence-electron chi connectivity index (χ4n) is 3.77. The minimum Gasteiger partial charge on any atom is -0.385 e. The largest absolute Gasteiger partial charge is 0.385 e. The van der Waals surface area contributed by atoms with E-state index in [2.05, 4.69) is 13.8 Å². The SMILES string of the molecule is Cc1cc(C)c(C2(O)CC(C)(C)CC2C)c(F)c1. The Morgan fingerprint density at radius 3 is 2.33 bits per heavy atom. The van der Waals surface area contributed by atoms with E-state index in [9.17, 15) is 9.50 Å². The summed E-state index contributed by atoms with van der Waals surface area (Å²) in [4.78, 5) is 0. The molecule has 0 spiro atoms. The van der Waals surface area contributed by atoms with Crippen molar-refractivity contribution >= 4 is 0 Å². The molecule has 1 N–H and O–H groups in total. The highest BCUT2D eigenvalue weighted by atomic mass is 19.1. The maximum atomic E-state index is 14.3. The number of hydrogen-bond donors (Lipinski definition) is 1. The van der Waals surface area contributed by atoms with Crippen molar-refractivity contribution in [2.45, 2.75) is 53.1 Å². The lowest BCUT2D eigenvalue weighted by Gasteiger charge is -2.31. The summed E-state index contributed by atoms with van der Waals surface area (Å²) in [6.45, 7) is 10.1. The number of aryl methyl sites for hydroxylation is 2. The van der Waals surface area contributed by atoms with E-state index in [4.69, 9.17) is 0 Å². The standard InChI is InChI=1S/C16H23FO/c1-10-6-11(2)14(13(17)7-10)16(18)9-15(4,5)8-12(16)3/h6-7,12,18H,8-9H2,1-5H3. The number of aliphatic hydroxyl groups is 1. The Labute approximate surface area is 109 Å². The van der Waals surface area contributed by atoms with Crippen LogP contribution >= 0.6 is 0 Å². The molecule has 18 heavy (non-hydrogen) atoms. The van der Waals surface area contributed by atoms with Gasteiger partial charge in [-0.15, -0.1) is 0 Å². The third kappa shape index (κ3) is 2.07. The predicted octanol–water partition coefficient (Wildman–Crippen LogP) is 4.09. The lowest BCUT2D eigenvalue weighted by molar-refractivity contribution is -0.00467. The zero-order valence-electron chi connectivity index (χ0n) is 12.0. The molecule has 0 radical (unpaired) electrons. The number of hydrogen-bond acceptors (Lipinski definition) is 1. The van der Waals surface area contributed by atoms with Crippen molar-refractivity contribution in [2.24, 2.45) is 11.3 Å². The molecular weight excluding hydrogens is 227 g/mol. The summed E-state index contributed by atoms with van der Waals surface area (Å²) in [5, 5.41) is 11.0. The van der Waals surface area contributed by atoms with Crippen molar-refractivity contribution in [3.63, 3.8) is 0 Å². The summed E-state index contributed by atoms with van der Waals surface area (Å²) < 4.78 is 14.3. The van der Waals surface area contributed by atoms with Crippen LogP contribution in [0.5, 0.6) is 0 Å². The van der Waals surface area contributed by atoms with E-state index < -0.39 is 5.60 Å². The van der Waals surface area contributed by atoms with Crippen LogP contribution in [0.3, 0.4) is 0 Å². The Bertz CT molecular complexity index is 455. The molecule has 1 saturated carbocycles. The summed E-state index contributed by atoms with van der Waals surface area (Å²) in [6, 6.07) is 3.48. The summed E-state index contributed by atoms with van der Waals surface area (Å²) in [5.74, 6) is -0.178. The number of halogens is 1. The molecule has 2 heteroatoms.